The van der Waals surface area contributed by atoms with E-state index >= 15 is 0 Å². The highest BCUT2D eigenvalue weighted by molar-refractivity contribution is 6.02. The van der Waals surface area contributed by atoms with Crippen molar-refractivity contribution < 1.29 is 0 Å². The van der Waals surface area contributed by atoms with Gasteiger partial charge in [-0.15, -0.1) is 0 Å². The van der Waals surface area contributed by atoms with Crippen LogP contribution in [-0.2, 0) is 0 Å². The number of hydrogen-bond donors (Lipinski definition) is 0. The van der Waals surface area contributed by atoms with E-state index in [-0.39, 0.29) is 0 Å². The van der Waals surface area contributed by atoms with E-state index in [4.69, 9.17) is 0 Å². The zero-order chi connectivity index (χ0) is 31.9. The summed E-state index contributed by atoms with van der Waals surface area (Å²) in [5.41, 5.74) is 15.3. The van der Waals surface area contributed by atoms with E-state index < -0.39 is 0 Å². The van der Waals surface area contributed by atoms with E-state index in [1.165, 1.54) is 72.3 Å². The molecule has 0 bridgehead atoms. The molecule has 2 aliphatic carbocycles. The molecule has 0 atom stereocenters. The summed E-state index contributed by atoms with van der Waals surface area (Å²) in [6, 6.07) is 50.8. The van der Waals surface area contributed by atoms with Gasteiger partial charge in [-0.3, -0.25) is 0 Å². The van der Waals surface area contributed by atoms with Crippen LogP contribution in [0.25, 0.3) is 61.1 Å². The van der Waals surface area contributed by atoms with Crippen molar-refractivity contribution in [3.05, 3.63) is 187 Å². The monoisotopic (exact) mass is 616 g/mol. The van der Waals surface area contributed by atoms with E-state index in [0.29, 0.717) is 0 Å². The minimum atomic E-state index is 1.04. The zero-order valence-electron chi connectivity index (χ0n) is 26.9. The Kier molecular flexibility index (Phi) is 7.13. The Bertz CT molecular complexity index is 2400. The summed E-state index contributed by atoms with van der Waals surface area (Å²) in [5.74, 6) is 0. The molecule has 0 amide bonds. The molecular weight excluding hydrogens is 581 g/mol. The van der Waals surface area contributed by atoms with Crippen molar-refractivity contribution in [2.75, 3.05) is 0 Å². The summed E-state index contributed by atoms with van der Waals surface area (Å²) < 4.78 is 4.89. The maximum absolute atomic E-state index is 2.47. The second kappa shape index (κ2) is 12.1. The minimum Gasteiger partial charge on any atom is -0.310 e. The van der Waals surface area contributed by atoms with Crippen molar-refractivity contribution in [3.8, 4) is 33.8 Å². The predicted octanol–water partition coefficient (Wildman–Crippen LogP) is 12.3. The molecule has 0 saturated heterocycles. The number of fused-ring (bicyclic) bond motifs is 2. The van der Waals surface area contributed by atoms with Crippen LogP contribution in [0.5, 0.6) is 0 Å². The first-order chi connectivity index (χ1) is 23.8. The lowest BCUT2D eigenvalue weighted by Crippen LogP contribution is -2.03. The molecule has 0 fully saturated rings. The van der Waals surface area contributed by atoms with Crippen LogP contribution in [-0.4, -0.2) is 9.13 Å². The number of nitrogens with zero attached hydrogens (tertiary/aromatic N) is 2. The van der Waals surface area contributed by atoms with Gasteiger partial charge in [-0.2, -0.15) is 0 Å². The van der Waals surface area contributed by atoms with Gasteiger partial charge in [0.05, 0.1) is 22.4 Å². The lowest BCUT2D eigenvalue weighted by Gasteiger charge is -2.20. The van der Waals surface area contributed by atoms with E-state index in [0.717, 1.165) is 31.4 Å². The summed E-state index contributed by atoms with van der Waals surface area (Å²) >= 11 is 0. The minimum absolute atomic E-state index is 1.04. The number of para-hydroxylation sites is 2. The maximum Gasteiger partial charge on any atom is 0.0542 e. The second-order valence-corrected chi connectivity index (χ2v) is 12.9. The van der Waals surface area contributed by atoms with Gasteiger partial charge in [0.2, 0.25) is 0 Å². The molecule has 5 aromatic carbocycles. The van der Waals surface area contributed by atoms with Crippen molar-refractivity contribution in [1.29, 1.82) is 0 Å². The molecular formula is C46H36N2. The normalized spacial score (nSPS) is 14.6. The van der Waals surface area contributed by atoms with Crippen LogP contribution in [0.15, 0.2) is 181 Å². The number of rotatable bonds is 6. The highest BCUT2D eigenvalue weighted by atomic mass is 15.0. The summed E-state index contributed by atoms with van der Waals surface area (Å²) in [7, 11) is 0. The van der Waals surface area contributed by atoms with Gasteiger partial charge in [-0.05, 0) is 108 Å². The van der Waals surface area contributed by atoms with Gasteiger partial charge in [0.25, 0.3) is 0 Å². The fourth-order valence-corrected chi connectivity index (χ4v) is 7.52. The third-order valence-electron chi connectivity index (χ3n) is 9.95. The van der Waals surface area contributed by atoms with Crippen molar-refractivity contribution in [2.45, 2.75) is 25.7 Å². The first-order valence-corrected chi connectivity index (χ1v) is 17.0. The molecule has 0 N–H and O–H groups in total. The first-order valence-electron chi connectivity index (χ1n) is 17.0. The highest BCUT2D eigenvalue weighted by Crippen LogP contribution is 2.40. The van der Waals surface area contributed by atoms with Crippen LogP contribution in [0.1, 0.15) is 31.4 Å². The highest BCUT2D eigenvalue weighted by Gasteiger charge is 2.20. The van der Waals surface area contributed by atoms with Gasteiger partial charge in [0, 0.05) is 22.1 Å². The molecule has 2 heterocycles. The Morgan fingerprint density at radius 2 is 0.896 bits per heavy atom. The average molecular weight is 617 g/mol. The lowest BCUT2D eigenvalue weighted by molar-refractivity contribution is 0.899. The quantitative estimate of drug-likeness (QED) is 0.176. The Hall–Kier alpha value is -5.86. The number of benzene rings is 5. The van der Waals surface area contributed by atoms with Crippen LogP contribution in [0.4, 0.5) is 0 Å². The summed E-state index contributed by atoms with van der Waals surface area (Å²) in [6.45, 7) is 0. The molecule has 230 valence electrons. The molecule has 0 unspecified atom stereocenters. The average Bonchev–Trinajstić information content (AvgIpc) is 3.73. The van der Waals surface area contributed by atoms with E-state index in [2.05, 4.69) is 179 Å². The van der Waals surface area contributed by atoms with Gasteiger partial charge in [0.15, 0.2) is 0 Å². The Morgan fingerprint density at radius 3 is 1.48 bits per heavy atom. The molecule has 0 radical (unpaired) electrons. The van der Waals surface area contributed by atoms with Gasteiger partial charge in [-0.1, -0.05) is 121 Å². The smallest absolute Gasteiger partial charge is 0.0542 e. The third-order valence-corrected chi connectivity index (χ3v) is 9.95. The molecule has 48 heavy (non-hydrogen) atoms. The third kappa shape index (κ3) is 5.07. The Morgan fingerprint density at radius 1 is 0.396 bits per heavy atom. The summed E-state index contributed by atoms with van der Waals surface area (Å²) in [5, 5.41) is 2.48. The Labute approximate surface area is 281 Å². The van der Waals surface area contributed by atoms with Crippen LogP contribution in [0, 0.1) is 0 Å². The summed E-state index contributed by atoms with van der Waals surface area (Å²) in [4.78, 5) is 0. The lowest BCUT2D eigenvalue weighted by atomic mass is 9.88. The predicted molar refractivity (Wildman–Crippen MR) is 203 cm³/mol. The van der Waals surface area contributed by atoms with Gasteiger partial charge in [-0.25, -0.2) is 0 Å². The SMILES string of the molecule is C1=CCCC(C2=CC=C(c3cc4cc5c(cc(-c6ccc(-c7ccccc7)cc6)n5-c5ccccc5)cc4n3-c3ccccc3)CC2)=C1. The number of aromatic nitrogens is 2. The van der Waals surface area contributed by atoms with Crippen LogP contribution in [0.2, 0.25) is 0 Å². The maximum atomic E-state index is 2.47. The van der Waals surface area contributed by atoms with Crippen molar-refractivity contribution in [2.24, 2.45) is 0 Å². The topological polar surface area (TPSA) is 9.86 Å². The largest absolute Gasteiger partial charge is 0.310 e. The molecule has 2 nitrogen and oxygen atoms in total. The molecule has 2 aliphatic rings. The van der Waals surface area contributed by atoms with Crippen molar-refractivity contribution in [3.63, 3.8) is 0 Å². The second-order valence-electron chi connectivity index (χ2n) is 12.9. The molecule has 7 aromatic rings. The van der Waals surface area contributed by atoms with E-state index in [1.807, 2.05) is 0 Å². The van der Waals surface area contributed by atoms with Crippen LogP contribution in [0.3, 0.4) is 0 Å². The summed E-state index contributed by atoms with van der Waals surface area (Å²) in [6.07, 6.45) is 15.9. The van der Waals surface area contributed by atoms with Crippen molar-refractivity contribution >= 4 is 27.4 Å². The number of hydrogen-bond acceptors (Lipinski definition) is 0. The molecule has 0 spiro atoms. The molecule has 0 saturated carbocycles. The van der Waals surface area contributed by atoms with Crippen molar-refractivity contribution in [1.82, 2.24) is 9.13 Å². The molecule has 0 aliphatic heterocycles. The van der Waals surface area contributed by atoms with Crippen LogP contribution < -0.4 is 0 Å². The molecule has 9 rings (SSSR count). The molecule has 2 heteroatoms. The first kappa shape index (κ1) is 28.4. The zero-order valence-corrected chi connectivity index (χ0v) is 26.9. The Balaban J connectivity index is 1.22. The van der Waals surface area contributed by atoms with Crippen LogP contribution >= 0.6 is 0 Å². The standard InChI is InChI=1S/C46H36N2/c1-5-13-33(14-6-1)35-21-25-37(26-22-35)43-29-39-31-46-40(32-45(39)47(43)41-17-9-3-10-18-41)30-44(48(46)42-19-11-4-12-20-42)38-27-23-36(24-28-38)34-15-7-2-8-16-34/h1-7,9-15,17-23,25-27,29-32H,8,16,24,28H2. The van der Waals surface area contributed by atoms with Gasteiger partial charge in [0.1, 0.15) is 0 Å². The fourth-order valence-electron chi connectivity index (χ4n) is 7.52. The van der Waals surface area contributed by atoms with E-state index in [1.54, 1.807) is 0 Å². The van der Waals surface area contributed by atoms with Gasteiger partial charge < -0.3 is 9.13 Å². The van der Waals surface area contributed by atoms with E-state index in [9.17, 15) is 0 Å². The van der Waals surface area contributed by atoms with Gasteiger partial charge >= 0.3 is 0 Å². The fraction of sp³-hybridized carbons (Fsp3) is 0.0870. The number of allylic oxidation sites excluding steroid dienone is 8. The molecule has 2 aromatic heterocycles.